The number of nitrogens with zero attached hydrogens (tertiary/aromatic N) is 2. The predicted octanol–water partition coefficient (Wildman–Crippen LogP) is 15.3. The Morgan fingerprint density at radius 1 is 0.414 bits per heavy atom. The minimum absolute atomic E-state index is 0.113. The standard InChI is InChI=1S/C55H38N2O/c1-55(2)49-16-8-5-13-43(49)44-28-26-42(34-50(44)55)56(41-27-30-54-48(33-41)46-15-7-10-18-53(46)58-54)39-23-19-36(20-24-39)38-22-29-52-47(32-38)45-14-6-9-17-51(45)57(52)40-25-21-35-11-3-4-12-37(35)31-40/h3-34H,1-2H3. The molecule has 2 heterocycles. The maximum Gasteiger partial charge on any atom is 0.135 e. The Bertz CT molecular complexity index is 3440. The van der Waals surface area contributed by atoms with Crippen LogP contribution in [0, 0.1) is 0 Å². The fourth-order valence-electron chi connectivity index (χ4n) is 9.68. The van der Waals surface area contributed by atoms with Gasteiger partial charge in [-0.2, -0.15) is 0 Å². The zero-order valence-corrected chi connectivity index (χ0v) is 32.3. The monoisotopic (exact) mass is 742 g/mol. The van der Waals surface area contributed by atoms with E-state index in [0.29, 0.717) is 0 Å². The van der Waals surface area contributed by atoms with E-state index in [-0.39, 0.29) is 5.41 Å². The van der Waals surface area contributed by atoms with Crippen LogP contribution in [0.15, 0.2) is 199 Å². The molecule has 0 amide bonds. The normalized spacial score (nSPS) is 13.1. The van der Waals surface area contributed by atoms with Crippen LogP contribution in [-0.2, 0) is 5.41 Å². The highest BCUT2D eigenvalue weighted by Gasteiger charge is 2.35. The quantitative estimate of drug-likeness (QED) is 0.175. The minimum Gasteiger partial charge on any atom is -0.456 e. The van der Waals surface area contributed by atoms with Gasteiger partial charge in [-0.3, -0.25) is 0 Å². The van der Waals surface area contributed by atoms with Crippen molar-refractivity contribution in [3.05, 3.63) is 205 Å². The highest BCUT2D eigenvalue weighted by Crippen LogP contribution is 2.51. The first-order valence-electron chi connectivity index (χ1n) is 20.1. The van der Waals surface area contributed by atoms with Gasteiger partial charge < -0.3 is 13.9 Å². The average Bonchev–Trinajstić information content (AvgIpc) is 3.89. The maximum atomic E-state index is 6.27. The number of furan rings is 1. The van der Waals surface area contributed by atoms with Gasteiger partial charge in [-0.25, -0.2) is 0 Å². The van der Waals surface area contributed by atoms with E-state index in [0.717, 1.165) is 39.0 Å². The Hall–Kier alpha value is -7.36. The Labute approximate surface area is 336 Å². The van der Waals surface area contributed by atoms with Crippen molar-refractivity contribution >= 4 is 71.6 Å². The van der Waals surface area contributed by atoms with Crippen molar-refractivity contribution < 1.29 is 4.42 Å². The molecule has 2 aromatic heterocycles. The number of hydrogen-bond donors (Lipinski definition) is 0. The molecule has 0 spiro atoms. The molecule has 0 unspecified atom stereocenters. The van der Waals surface area contributed by atoms with E-state index in [2.05, 4.69) is 205 Å². The molecule has 11 aromatic rings. The summed E-state index contributed by atoms with van der Waals surface area (Å²) in [5.41, 5.74) is 16.3. The van der Waals surface area contributed by atoms with Crippen LogP contribution in [0.3, 0.4) is 0 Å². The molecule has 0 fully saturated rings. The van der Waals surface area contributed by atoms with Crippen molar-refractivity contribution in [2.45, 2.75) is 19.3 Å². The van der Waals surface area contributed by atoms with Crippen LogP contribution in [-0.4, -0.2) is 4.57 Å². The van der Waals surface area contributed by atoms with Crippen LogP contribution < -0.4 is 4.90 Å². The summed E-state index contributed by atoms with van der Waals surface area (Å²) >= 11 is 0. The van der Waals surface area contributed by atoms with Gasteiger partial charge in [0.25, 0.3) is 0 Å². The average molecular weight is 743 g/mol. The number of benzene rings is 9. The van der Waals surface area contributed by atoms with Crippen molar-refractivity contribution in [2.24, 2.45) is 0 Å². The van der Waals surface area contributed by atoms with Crippen LogP contribution in [0.5, 0.6) is 0 Å². The Morgan fingerprint density at radius 3 is 1.97 bits per heavy atom. The fourth-order valence-corrected chi connectivity index (χ4v) is 9.68. The van der Waals surface area contributed by atoms with Crippen LogP contribution >= 0.6 is 0 Å². The molecular weight excluding hydrogens is 705 g/mol. The van der Waals surface area contributed by atoms with E-state index < -0.39 is 0 Å². The first-order chi connectivity index (χ1) is 28.5. The molecule has 12 rings (SSSR count). The molecule has 3 nitrogen and oxygen atoms in total. The number of anilines is 3. The van der Waals surface area contributed by atoms with Gasteiger partial charge in [0.2, 0.25) is 0 Å². The zero-order chi connectivity index (χ0) is 38.5. The topological polar surface area (TPSA) is 21.3 Å². The van der Waals surface area contributed by atoms with Gasteiger partial charge in [0.1, 0.15) is 11.2 Å². The molecule has 1 aliphatic rings. The lowest BCUT2D eigenvalue weighted by Gasteiger charge is -2.28. The van der Waals surface area contributed by atoms with E-state index in [1.165, 1.54) is 71.6 Å². The first-order valence-corrected chi connectivity index (χ1v) is 20.1. The number of fused-ring (bicyclic) bond motifs is 10. The van der Waals surface area contributed by atoms with Gasteiger partial charge in [-0.1, -0.05) is 129 Å². The van der Waals surface area contributed by atoms with Gasteiger partial charge in [0.05, 0.1) is 11.0 Å². The second kappa shape index (κ2) is 12.3. The lowest BCUT2D eigenvalue weighted by molar-refractivity contribution is 0.660. The molecule has 0 atom stereocenters. The second-order valence-electron chi connectivity index (χ2n) is 16.2. The number of rotatable bonds is 5. The SMILES string of the molecule is CC1(C)c2ccccc2-c2ccc(N(c3ccc(-c4ccc5c(c4)c4ccccc4n5-c4ccc5ccccc5c4)cc3)c3ccc4oc5ccccc5c4c3)cc21. The lowest BCUT2D eigenvalue weighted by Crippen LogP contribution is -2.16. The predicted molar refractivity (Wildman–Crippen MR) is 243 cm³/mol. The minimum atomic E-state index is -0.113. The summed E-state index contributed by atoms with van der Waals surface area (Å²) in [5.74, 6) is 0. The van der Waals surface area contributed by atoms with Gasteiger partial charge >= 0.3 is 0 Å². The number of hydrogen-bond acceptors (Lipinski definition) is 2. The van der Waals surface area contributed by atoms with E-state index in [9.17, 15) is 0 Å². The largest absolute Gasteiger partial charge is 0.456 e. The zero-order valence-electron chi connectivity index (χ0n) is 32.3. The van der Waals surface area contributed by atoms with Gasteiger partial charge in [-0.05, 0) is 123 Å². The van der Waals surface area contributed by atoms with Crippen LogP contribution in [0.4, 0.5) is 17.1 Å². The Balaban J connectivity index is 0.983. The number of aromatic nitrogens is 1. The lowest BCUT2D eigenvalue weighted by atomic mass is 9.82. The third-order valence-corrected chi connectivity index (χ3v) is 12.6. The maximum absolute atomic E-state index is 6.27. The third kappa shape index (κ3) is 4.86. The summed E-state index contributed by atoms with van der Waals surface area (Å²) in [4.78, 5) is 2.39. The number of para-hydroxylation sites is 2. The molecule has 0 saturated heterocycles. The smallest absolute Gasteiger partial charge is 0.135 e. The summed E-state index contributed by atoms with van der Waals surface area (Å²) in [6.07, 6.45) is 0. The highest BCUT2D eigenvalue weighted by molar-refractivity contribution is 6.11. The van der Waals surface area contributed by atoms with Crippen molar-refractivity contribution in [1.29, 1.82) is 0 Å². The molecule has 0 saturated carbocycles. The molecule has 0 radical (unpaired) electrons. The summed E-state index contributed by atoms with van der Waals surface area (Å²) in [5, 5.41) is 7.21. The molecule has 0 N–H and O–H groups in total. The fraction of sp³-hybridized carbons (Fsp3) is 0.0545. The van der Waals surface area contributed by atoms with Crippen molar-refractivity contribution in [3.8, 4) is 27.9 Å². The van der Waals surface area contributed by atoms with E-state index in [1.54, 1.807) is 0 Å². The van der Waals surface area contributed by atoms with Crippen molar-refractivity contribution in [1.82, 2.24) is 4.57 Å². The van der Waals surface area contributed by atoms with Crippen molar-refractivity contribution in [2.75, 3.05) is 4.90 Å². The van der Waals surface area contributed by atoms with Gasteiger partial charge in [0.15, 0.2) is 0 Å². The summed E-state index contributed by atoms with van der Waals surface area (Å²) in [6, 6.07) is 70.8. The Morgan fingerprint density at radius 2 is 1.07 bits per heavy atom. The third-order valence-electron chi connectivity index (χ3n) is 12.6. The molecule has 0 aliphatic heterocycles. The van der Waals surface area contributed by atoms with Crippen LogP contribution in [0.25, 0.3) is 82.5 Å². The van der Waals surface area contributed by atoms with Crippen molar-refractivity contribution in [3.63, 3.8) is 0 Å². The van der Waals surface area contributed by atoms with E-state index >= 15 is 0 Å². The summed E-state index contributed by atoms with van der Waals surface area (Å²) < 4.78 is 8.67. The molecule has 0 bridgehead atoms. The molecule has 274 valence electrons. The molecule has 3 heteroatoms. The first kappa shape index (κ1) is 32.8. The molecular formula is C55H38N2O. The van der Waals surface area contributed by atoms with E-state index in [4.69, 9.17) is 4.42 Å². The van der Waals surface area contributed by atoms with E-state index in [1.807, 2.05) is 12.1 Å². The molecule has 1 aliphatic carbocycles. The summed E-state index contributed by atoms with van der Waals surface area (Å²) in [6.45, 7) is 4.70. The Kier molecular flexibility index (Phi) is 6.98. The van der Waals surface area contributed by atoms with Gasteiger partial charge in [0, 0.05) is 49.7 Å². The van der Waals surface area contributed by atoms with Crippen LogP contribution in [0.2, 0.25) is 0 Å². The van der Waals surface area contributed by atoms with Crippen LogP contribution in [0.1, 0.15) is 25.0 Å². The highest BCUT2D eigenvalue weighted by atomic mass is 16.3. The molecule has 9 aromatic carbocycles. The van der Waals surface area contributed by atoms with Gasteiger partial charge in [-0.15, -0.1) is 0 Å². The summed E-state index contributed by atoms with van der Waals surface area (Å²) in [7, 11) is 0. The molecule has 58 heavy (non-hydrogen) atoms. The second-order valence-corrected chi connectivity index (χ2v) is 16.2.